The first-order valence-electron chi connectivity index (χ1n) is 7.87. The number of likely N-dealkylation sites (N-methyl/N-ethyl adjacent to an activating group) is 1. The highest BCUT2D eigenvalue weighted by Gasteiger charge is 2.16. The molecular formula is C18H23FN2O3S. The van der Waals surface area contributed by atoms with Gasteiger partial charge in [-0.15, -0.1) is 0 Å². The van der Waals surface area contributed by atoms with Crippen molar-refractivity contribution in [2.45, 2.75) is 11.4 Å². The topological polar surface area (TPSA) is 49.9 Å². The zero-order valence-electron chi connectivity index (χ0n) is 14.6. The molecule has 0 aromatic heterocycles. The van der Waals surface area contributed by atoms with Crippen molar-refractivity contribution in [3.63, 3.8) is 0 Å². The maximum Gasteiger partial charge on any atom is 0.242 e. The molecule has 7 heteroatoms. The Morgan fingerprint density at radius 1 is 1.04 bits per heavy atom. The summed E-state index contributed by atoms with van der Waals surface area (Å²) in [5.41, 5.74) is 0.903. The fourth-order valence-electron chi connectivity index (χ4n) is 2.26. The summed E-state index contributed by atoms with van der Waals surface area (Å²) in [4.78, 5) is 2.26. The first-order chi connectivity index (χ1) is 11.8. The average molecular weight is 366 g/mol. The Hall–Kier alpha value is -1.96. The van der Waals surface area contributed by atoms with Gasteiger partial charge in [-0.25, -0.2) is 17.1 Å². The predicted molar refractivity (Wildman–Crippen MR) is 95.5 cm³/mol. The van der Waals surface area contributed by atoms with Crippen molar-refractivity contribution >= 4 is 10.0 Å². The number of halogens is 1. The molecule has 5 nitrogen and oxygen atoms in total. The molecule has 0 N–H and O–H groups in total. The highest BCUT2D eigenvalue weighted by Crippen LogP contribution is 2.18. The lowest BCUT2D eigenvalue weighted by Crippen LogP contribution is -2.24. The average Bonchev–Trinajstić information content (AvgIpc) is 2.55. The van der Waals surface area contributed by atoms with Gasteiger partial charge in [0, 0.05) is 27.2 Å². The van der Waals surface area contributed by atoms with Gasteiger partial charge in [0.1, 0.15) is 18.2 Å². The maximum atomic E-state index is 13.2. The summed E-state index contributed by atoms with van der Waals surface area (Å²) in [6.07, 6.45) is 0. The zero-order chi connectivity index (χ0) is 18.4. The molecule has 0 bridgehead atoms. The molecule has 0 atom stereocenters. The molecule has 0 fully saturated rings. The second-order valence-electron chi connectivity index (χ2n) is 5.97. The third kappa shape index (κ3) is 5.52. The second-order valence-corrected chi connectivity index (χ2v) is 8.13. The fraction of sp³-hybridized carbons (Fsp3) is 0.333. The minimum absolute atomic E-state index is 0.230. The molecule has 0 unspecified atom stereocenters. The molecule has 25 heavy (non-hydrogen) atoms. The smallest absolute Gasteiger partial charge is 0.242 e. The van der Waals surface area contributed by atoms with Crippen LogP contribution in [0.2, 0.25) is 0 Å². The van der Waals surface area contributed by atoms with E-state index in [2.05, 4.69) is 0 Å². The summed E-state index contributed by atoms with van der Waals surface area (Å²) in [7, 11) is 1.49. The normalized spacial score (nSPS) is 11.9. The van der Waals surface area contributed by atoms with Crippen LogP contribution in [0.25, 0.3) is 0 Å². The van der Waals surface area contributed by atoms with E-state index in [1.54, 1.807) is 18.2 Å². The van der Waals surface area contributed by atoms with Gasteiger partial charge in [0.05, 0.1) is 4.90 Å². The van der Waals surface area contributed by atoms with E-state index in [4.69, 9.17) is 4.74 Å². The van der Waals surface area contributed by atoms with Crippen molar-refractivity contribution in [2.75, 3.05) is 34.3 Å². The summed E-state index contributed by atoms with van der Waals surface area (Å²) in [6.45, 7) is 1.74. The van der Waals surface area contributed by atoms with E-state index in [0.717, 1.165) is 5.56 Å². The third-order valence-electron chi connectivity index (χ3n) is 3.69. The summed E-state index contributed by atoms with van der Waals surface area (Å²) in [5, 5.41) is 0. The van der Waals surface area contributed by atoms with Crippen LogP contribution in [0.4, 0.5) is 4.39 Å². The molecule has 2 rings (SSSR count). The van der Waals surface area contributed by atoms with E-state index in [1.807, 2.05) is 18.0 Å². The van der Waals surface area contributed by atoms with Crippen LogP contribution in [0.15, 0.2) is 53.4 Å². The van der Waals surface area contributed by atoms with Crippen LogP contribution >= 0.6 is 0 Å². The van der Waals surface area contributed by atoms with Gasteiger partial charge in [0.2, 0.25) is 10.0 Å². The number of ether oxygens (including phenoxy) is 1. The van der Waals surface area contributed by atoms with Gasteiger partial charge in [0.15, 0.2) is 0 Å². The Balaban J connectivity index is 1.83. The van der Waals surface area contributed by atoms with Gasteiger partial charge in [-0.2, -0.15) is 0 Å². The molecule has 0 aliphatic carbocycles. The second kappa shape index (κ2) is 8.42. The zero-order valence-corrected chi connectivity index (χ0v) is 15.5. The number of hydrogen-bond donors (Lipinski definition) is 0. The highest BCUT2D eigenvalue weighted by molar-refractivity contribution is 7.89. The summed E-state index contributed by atoms with van der Waals surface area (Å²) >= 11 is 0. The van der Waals surface area contributed by atoms with Crippen LogP contribution in [0, 0.1) is 5.82 Å². The largest absolute Gasteiger partial charge is 0.492 e. The molecule has 2 aromatic carbocycles. The van der Waals surface area contributed by atoms with Gasteiger partial charge in [0.25, 0.3) is 0 Å². The van der Waals surface area contributed by atoms with Crippen molar-refractivity contribution < 1.29 is 17.5 Å². The Labute approximate surface area is 148 Å². The van der Waals surface area contributed by atoms with Crippen LogP contribution in [-0.4, -0.2) is 51.9 Å². The lowest BCUT2D eigenvalue weighted by Gasteiger charge is -2.17. The maximum absolute atomic E-state index is 13.2. The molecule has 0 radical (unpaired) electrons. The fourth-order valence-corrected chi connectivity index (χ4v) is 3.17. The van der Waals surface area contributed by atoms with Crippen LogP contribution in [-0.2, 0) is 16.6 Å². The van der Waals surface area contributed by atoms with E-state index in [-0.39, 0.29) is 10.7 Å². The molecule has 0 aliphatic heterocycles. The number of sulfonamides is 1. The molecule has 0 saturated carbocycles. The van der Waals surface area contributed by atoms with Gasteiger partial charge >= 0.3 is 0 Å². The van der Waals surface area contributed by atoms with Gasteiger partial charge in [-0.05, 0) is 49.0 Å². The molecule has 0 saturated heterocycles. The van der Waals surface area contributed by atoms with Crippen molar-refractivity contribution in [2.24, 2.45) is 0 Å². The first-order valence-corrected chi connectivity index (χ1v) is 9.31. The van der Waals surface area contributed by atoms with Crippen molar-refractivity contribution in [1.29, 1.82) is 0 Å². The van der Waals surface area contributed by atoms with Crippen LogP contribution in [0.3, 0.4) is 0 Å². The predicted octanol–water partition coefficient (Wildman–Crippen LogP) is 2.59. The van der Waals surface area contributed by atoms with E-state index < -0.39 is 10.0 Å². The minimum Gasteiger partial charge on any atom is -0.492 e. The number of hydrogen-bond acceptors (Lipinski definition) is 4. The van der Waals surface area contributed by atoms with Gasteiger partial charge < -0.3 is 4.74 Å². The Kier molecular flexibility index (Phi) is 6.52. The standard InChI is InChI=1S/C18H23FN2O3S/c1-20(2)25(22,23)18-9-7-17(8-10-18)24-12-11-21(3)14-15-5-4-6-16(19)13-15/h4-10,13H,11-12,14H2,1-3H3. The Morgan fingerprint density at radius 2 is 1.72 bits per heavy atom. The van der Waals surface area contributed by atoms with Crippen molar-refractivity contribution in [3.8, 4) is 5.75 Å². The number of nitrogens with zero attached hydrogens (tertiary/aromatic N) is 2. The molecule has 0 aliphatic rings. The summed E-state index contributed by atoms with van der Waals surface area (Å²) in [5.74, 6) is 0.367. The molecule has 2 aromatic rings. The lowest BCUT2D eigenvalue weighted by atomic mass is 10.2. The number of rotatable bonds is 8. The summed E-state index contributed by atoms with van der Waals surface area (Å²) < 4.78 is 44.0. The quantitative estimate of drug-likeness (QED) is 0.721. The van der Waals surface area contributed by atoms with Crippen molar-refractivity contribution in [1.82, 2.24) is 9.21 Å². The lowest BCUT2D eigenvalue weighted by molar-refractivity contribution is 0.232. The van der Waals surface area contributed by atoms with Gasteiger partial charge in [-0.3, -0.25) is 4.90 Å². The minimum atomic E-state index is -3.43. The summed E-state index contributed by atoms with van der Waals surface area (Å²) in [6, 6.07) is 12.9. The van der Waals surface area contributed by atoms with Crippen LogP contribution in [0.1, 0.15) is 5.56 Å². The Morgan fingerprint density at radius 3 is 2.32 bits per heavy atom. The third-order valence-corrected chi connectivity index (χ3v) is 5.51. The SMILES string of the molecule is CN(CCOc1ccc(S(=O)(=O)N(C)C)cc1)Cc1cccc(F)c1. The van der Waals surface area contributed by atoms with E-state index >= 15 is 0 Å². The van der Waals surface area contributed by atoms with Gasteiger partial charge in [-0.1, -0.05) is 12.1 Å². The molecule has 0 heterocycles. The van der Waals surface area contributed by atoms with E-state index in [1.165, 1.54) is 42.7 Å². The molecule has 0 spiro atoms. The van der Waals surface area contributed by atoms with E-state index in [9.17, 15) is 12.8 Å². The highest BCUT2D eigenvalue weighted by atomic mass is 32.2. The first kappa shape index (κ1) is 19.4. The van der Waals surface area contributed by atoms with Crippen LogP contribution < -0.4 is 4.74 Å². The molecule has 136 valence electrons. The molecule has 0 amide bonds. The van der Waals surface area contributed by atoms with Crippen LogP contribution in [0.5, 0.6) is 5.75 Å². The monoisotopic (exact) mass is 366 g/mol. The molecular weight excluding hydrogens is 343 g/mol. The van der Waals surface area contributed by atoms with Crippen molar-refractivity contribution in [3.05, 3.63) is 59.9 Å². The Bertz CT molecular complexity index is 792. The van der Waals surface area contributed by atoms with E-state index in [0.29, 0.717) is 25.4 Å². The number of benzene rings is 2.